The summed E-state index contributed by atoms with van der Waals surface area (Å²) in [6.07, 6.45) is 0.558. The van der Waals surface area contributed by atoms with Crippen LogP contribution in [-0.4, -0.2) is 114 Å². The standard InChI is InChI=1S/C60H80N3O11PSi/c1-45(2)63(46(3)4)75(70-11)73-44-59(56(61)66,43-72-60(48-23-15-12-16-24-48,49-30-34-51(68-9)35-31-49)50-32-36-52(69-10)37-33-50)57(67)62(39-21-41-71-55(65)38-29-47(5)64)40-22-42-74-76(58(6,7)8,53-25-17-13-18-26-53)54-27-19-14-20-28-54/h12-20,23-28,30-37,45-46H,21-22,29,38-44H2,1-11H3,(H2,61,66). The Morgan fingerprint density at radius 3 is 1.50 bits per heavy atom. The van der Waals surface area contributed by atoms with Crippen LogP contribution in [0, 0.1) is 5.41 Å². The lowest BCUT2D eigenvalue weighted by atomic mass is 9.79. The number of methoxy groups -OCH3 is 2. The monoisotopic (exact) mass is 1080 g/mol. The van der Waals surface area contributed by atoms with Crippen LogP contribution in [0.4, 0.5) is 0 Å². The zero-order valence-electron chi connectivity index (χ0n) is 46.4. The molecule has 0 radical (unpaired) electrons. The normalized spacial score (nSPS) is 13.3. The summed E-state index contributed by atoms with van der Waals surface area (Å²) in [5, 5.41) is 1.90. The molecule has 0 aliphatic carbocycles. The van der Waals surface area contributed by atoms with Crippen molar-refractivity contribution in [2.45, 2.75) is 104 Å². The van der Waals surface area contributed by atoms with E-state index in [-0.39, 0.29) is 68.5 Å². The molecule has 5 rings (SSSR count). The fourth-order valence-corrected chi connectivity index (χ4v) is 15.8. The zero-order valence-corrected chi connectivity index (χ0v) is 48.3. The van der Waals surface area contributed by atoms with Crippen molar-refractivity contribution in [2.75, 3.05) is 60.8 Å². The molecule has 0 spiro atoms. The van der Waals surface area contributed by atoms with E-state index in [0.29, 0.717) is 34.6 Å². The van der Waals surface area contributed by atoms with E-state index in [9.17, 15) is 14.4 Å². The largest absolute Gasteiger partial charge is 0.497 e. The second-order valence-electron chi connectivity index (χ2n) is 20.4. The highest BCUT2D eigenvalue weighted by molar-refractivity contribution is 7.44. The van der Waals surface area contributed by atoms with Crippen LogP contribution < -0.4 is 25.6 Å². The maximum atomic E-state index is 16.1. The minimum Gasteiger partial charge on any atom is -0.497 e. The lowest BCUT2D eigenvalue weighted by Crippen LogP contribution is -2.66. The van der Waals surface area contributed by atoms with E-state index < -0.39 is 58.9 Å². The topological polar surface area (TPSA) is 165 Å². The van der Waals surface area contributed by atoms with Crippen molar-refractivity contribution in [1.82, 2.24) is 9.57 Å². The number of rotatable bonds is 31. The molecule has 0 aromatic heterocycles. The van der Waals surface area contributed by atoms with Crippen LogP contribution in [0.5, 0.6) is 11.5 Å². The molecule has 14 nitrogen and oxygen atoms in total. The third-order valence-electron chi connectivity index (χ3n) is 13.5. The minimum absolute atomic E-state index is 0.0398. The first-order valence-corrected chi connectivity index (χ1v) is 29.1. The summed E-state index contributed by atoms with van der Waals surface area (Å²) in [6, 6.07) is 45.0. The number of Topliss-reactive ketones (excluding diaryl/α,β-unsaturated/α-hetero) is 1. The molecule has 2 atom stereocenters. The number of ether oxygens (including phenoxy) is 4. The number of carbonyl (C=O) groups excluding carboxylic acids is 4. The van der Waals surface area contributed by atoms with E-state index in [1.807, 2.05) is 143 Å². The van der Waals surface area contributed by atoms with Crippen molar-refractivity contribution in [3.63, 3.8) is 0 Å². The molecule has 0 saturated carbocycles. The first kappa shape index (κ1) is 61.1. The molecule has 410 valence electrons. The molecular weight excluding hydrogens is 998 g/mol. The van der Waals surface area contributed by atoms with Crippen LogP contribution >= 0.6 is 8.53 Å². The molecule has 76 heavy (non-hydrogen) atoms. The SMILES string of the molecule is COc1ccc(C(OCC(COP(OC)N(C(C)C)C(C)C)(C(N)=O)C(=O)N(CCCOC(=O)CCC(C)=O)CCCO[Si](c2ccccc2)(c2ccccc2)C(C)(C)C)(c2ccccc2)c2ccc(OC)cc2)cc1. The van der Waals surface area contributed by atoms with Crippen molar-refractivity contribution in [3.05, 3.63) is 156 Å². The van der Waals surface area contributed by atoms with Gasteiger partial charge in [-0.3, -0.25) is 14.4 Å². The van der Waals surface area contributed by atoms with Crippen molar-refractivity contribution in [1.29, 1.82) is 0 Å². The minimum atomic E-state index is -3.00. The summed E-state index contributed by atoms with van der Waals surface area (Å²) in [7, 11) is -0.130. The average molecular weight is 1080 g/mol. The summed E-state index contributed by atoms with van der Waals surface area (Å²) in [6.45, 7) is 15.4. The zero-order chi connectivity index (χ0) is 55.5. The Labute approximate surface area is 453 Å². The van der Waals surface area contributed by atoms with E-state index in [2.05, 4.69) is 49.7 Å². The number of nitrogens with two attached hydrogens (primary N) is 1. The molecule has 5 aromatic rings. The number of carbonyl (C=O) groups is 4. The number of hydrogen-bond donors (Lipinski definition) is 1. The van der Waals surface area contributed by atoms with Crippen LogP contribution in [0.3, 0.4) is 0 Å². The molecule has 0 aliphatic rings. The van der Waals surface area contributed by atoms with Gasteiger partial charge in [-0.1, -0.05) is 136 Å². The van der Waals surface area contributed by atoms with E-state index in [1.54, 1.807) is 19.1 Å². The highest BCUT2D eigenvalue weighted by Gasteiger charge is 2.53. The maximum Gasteiger partial charge on any atom is 0.306 e. The van der Waals surface area contributed by atoms with Crippen molar-refractivity contribution >= 4 is 50.8 Å². The Hall–Kier alpha value is -5.77. The van der Waals surface area contributed by atoms with Gasteiger partial charge in [-0.25, -0.2) is 4.67 Å². The molecule has 2 N–H and O–H groups in total. The van der Waals surface area contributed by atoms with Crippen LogP contribution in [0.15, 0.2) is 140 Å². The summed E-state index contributed by atoms with van der Waals surface area (Å²) in [5.74, 6) is -1.04. The van der Waals surface area contributed by atoms with Crippen LogP contribution in [-0.2, 0) is 47.7 Å². The third kappa shape index (κ3) is 14.8. The molecule has 2 unspecified atom stereocenters. The molecule has 5 aromatic carbocycles. The lowest BCUT2D eigenvalue weighted by Gasteiger charge is -2.43. The summed E-state index contributed by atoms with van der Waals surface area (Å²) in [4.78, 5) is 57.0. The fourth-order valence-electron chi connectivity index (χ4n) is 9.72. The summed E-state index contributed by atoms with van der Waals surface area (Å²) >= 11 is 0. The Balaban J connectivity index is 1.66. The van der Waals surface area contributed by atoms with Gasteiger partial charge >= 0.3 is 5.97 Å². The Bertz CT molecular complexity index is 2490. The Kier molecular flexibility index (Phi) is 23.0. The van der Waals surface area contributed by atoms with Crippen LogP contribution in [0.2, 0.25) is 5.04 Å². The van der Waals surface area contributed by atoms with Gasteiger partial charge in [0.15, 0.2) is 5.41 Å². The second-order valence-corrected chi connectivity index (χ2v) is 26.3. The molecule has 0 aliphatic heterocycles. The number of nitrogens with zero attached hydrogens (tertiary/aromatic N) is 2. The van der Waals surface area contributed by atoms with Gasteiger partial charge in [0.05, 0.1) is 40.5 Å². The molecular formula is C60H80N3O11PSi. The Morgan fingerprint density at radius 1 is 0.618 bits per heavy atom. The van der Waals surface area contributed by atoms with Gasteiger partial charge in [0.1, 0.15) is 22.9 Å². The van der Waals surface area contributed by atoms with Crippen molar-refractivity contribution in [3.8, 4) is 11.5 Å². The maximum absolute atomic E-state index is 16.1. The average Bonchev–Trinajstić information content (AvgIpc) is 3.41. The van der Waals surface area contributed by atoms with E-state index in [1.165, 1.54) is 14.0 Å². The number of amides is 2. The van der Waals surface area contributed by atoms with Gasteiger partial charge in [-0.2, -0.15) is 0 Å². The number of primary amides is 1. The first-order valence-electron chi connectivity index (χ1n) is 26.0. The van der Waals surface area contributed by atoms with Gasteiger partial charge in [0, 0.05) is 45.3 Å². The van der Waals surface area contributed by atoms with Gasteiger partial charge in [0.2, 0.25) is 11.8 Å². The molecule has 2 amide bonds. The van der Waals surface area contributed by atoms with E-state index in [4.69, 9.17) is 38.2 Å². The van der Waals surface area contributed by atoms with Crippen LogP contribution in [0.25, 0.3) is 0 Å². The van der Waals surface area contributed by atoms with E-state index >= 15 is 4.79 Å². The Morgan fingerprint density at radius 2 is 1.08 bits per heavy atom. The molecule has 0 heterocycles. The molecule has 16 heteroatoms. The van der Waals surface area contributed by atoms with Gasteiger partial charge in [0.25, 0.3) is 16.8 Å². The summed E-state index contributed by atoms with van der Waals surface area (Å²) < 4.78 is 46.3. The predicted octanol–water partition coefficient (Wildman–Crippen LogP) is 9.59. The van der Waals surface area contributed by atoms with Crippen molar-refractivity contribution in [2.24, 2.45) is 11.1 Å². The smallest absolute Gasteiger partial charge is 0.306 e. The van der Waals surface area contributed by atoms with Gasteiger partial charge in [-0.05, 0) is 104 Å². The number of hydrogen-bond acceptors (Lipinski definition) is 12. The number of benzene rings is 5. The first-order chi connectivity index (χ1) is 36.3. The molecule has 0 saturated heterocycles. The van der Waals surface area contributed by atoms with Crippen LogP contribution in [0.1, 0.15) is 97.8 Å². The quantitative estimate of drug-likeness (QED) is 0.0112. The van der Waals surface area contributed by atoms with Gasteiger partial charge < -0.3 is 47.8 Å². The highest BCUT2D eigenvalue weighted by atomic mass is 31.2. The number of ketones is 1. The third-order valence-corrected chi connectivity index (χ3v) is 20.5. The fraction of sp³-hybridized carbons (Fsp3) is 0.433. The number of esters is 1. The van der Waals surface area contributed by atoms with Crippen molar-refractivity contribution < 1.29 is 51.6 Å². The second kappa shape index (κ2) is 28.6. The molecule has 0 fully saturated rings. The van der Waals surface area contributed by atoms with Gasteiger partial charge in [-0.15, -0.1) is 0 Å². The molecule has 0 bridgehead atoms. The summed E-state index contributed by atoms with van der Waals surface area (Å²) in [5.41, 5.74) is 5.05. The van der Waals surface area contributed by atoms with E-state index in [0.717, 1.165) is 10.4 Å². The highest BCUT2D eigenvalue weighted by Crippen LogP contribution is 2.48. The predicted molar refractivity (Wildman–Crippen MR) is 302 cm³/mol. The lowest BCUT2D eigenvalue weighted by molar-refractivity contribution is -0.160.